The largest absolute Gasteiger partial charge is 0.494 e. The maximum atomic E-state index is 13.3. The van der Waals surface area contributed by atoms with E-state index in [1.54, 1.807) is 24.3 Å². The summed E-state index contributed by atoms with van der Waals surface area (Å²) in [6.45, 7) is 4.28. The van der Waals surface area contributed by atoms with Crippen molar-refractivity contribution in [3.8, 4) is 5.75 Å². The summed E-state index contributed by atoms with van der Waals surface area (Å²) in [6.07, 6.45) is 1.14. The van der Waals surface area contributed by atoms with Gasteiger partial charge in [-0.25, -0.2) is 18.1 Å². The van der Waals surface area contributed by atoms with Crippen LogP contribution in [0.5, 0.6) is 5.75 Å². The number of aromatic nitrogens is 1. The van der Waals surface area contributed by atoms with Crippen molar-refractivity contribution >= 4 is 32.7 Å². The highest BCUT2D eigenvalue weighted by Crippen LogP contribution is 2.52. The molecule has 0 bridgehead atoms. The van der Waals surface area contributed by atoms with Crippen molar-refractivity contribution in [3.63, 3.8) is 0 Å². The number of benzene rings is 2. The number of hydrogen-bond acceptors (Lipinski definition) is 6. The quantitative estimate of drug-likeness (QED) is 0.589. The molecule has 0 saturated heterocycles. The molecule has 1 aliphatic carbocycles. The highest BCUT2D eigenvalue weighted by atomic mass is 32.2. The van der Waals surface area contributed by atoms with Crippen molar-refractivity contribution in [1.29, 1.82) is 0 Å². The molecule has 1 saturated carbocycles. The fraction of sp³-hybridized carbons (Fsp3) is 0.333. The number of anilines is 1. The monoisotopic (exact) mass is 453 g/mol. The Hall–Kier alpha value is -3.13. The third-order valence-corrected chi connectivity index (χ3v) is 7.18. The summed E-state index contributed by atoms with van der Waals surface area (Å²) < 4.78 is 34.6. The second-order valence-electron chi connectivity index (χ2n) is 8.34. The number of carbonyl (C=O) groups is 1. The van der Waals surface area contributed by atoms with Crippen LogP contribution in [0, 0.1) is 6.92 Å². The van der Waals surface area contributed by atoms with Gasteiger partial charge in [-0.05, 0) is 57.0 Å². The predicted octanol–water partition coefficient (Wildman–Crippen LogP) is 3.54. The van der Waals surface area contributed by atoms with Gasteiger partial charge in [-0.2, -0.15) is 0 Å². The van der Waals surface area contributed by atoms with Crippen molar-refractivity contribution in [3.05, 3.63) is 59.7 Å². The number of rotatable bonds is 7. The molecule has 1 aromatic heterocycles. The lowest BCUT2D eigenvalue weighted by Gasteiger charge is -2.20. The van der Waals surface area contributed by atoms with Crippen LogP contribution in [0.4, 0.5) is 5.82 Å². The van der Waals surface area contributed by atoms with E-state index in [2.05, 4.69) is 9.71 Å². The Morgan fingerprint density at radius 2 is 1.91 bits per heavy atom. The van der Waals surface area contributed by atoms with Crippen molar-refractivity contribution in [2.24, 2.45) is 0 Å². The van der Waals surface area contributed by atoms with E-state index in [9.17, 15) is 13.2 Å². The van der Waals surface area contributed by atoms with Crippen LogP contribution in [-0.4, -0.2) is 40.0 Å². The highest BCUT2D eigenvalue weighted by Gasteiger charge is 2.54. The van der Waals surface area contributed by atoms with Gasteiger partial charge in [0.15, 0.2) is 0 Å². The summed E-state index contributed by atoms with van der Waals surface area (Å²) in [7, 11) is -0.366. The van der Waals surface area contributed by atoms with Gasteiger partial charge in [-0.1, -0.05) is 23.8 Å². The minimum Gasteiger partial charge on any atom is -0.494 e. The number of amides is 1. The third-order valence-electron chi connectivity index (χ3n) is 5.79. The molecule has 32 heavy (non-hydrogen) atoms. The van der Waals surface area contributed by atoms with Gasteiger partial charge in [-0.3, -0.25) is 4.79 Å². The molecular formula is C24H27N3O4S. The van der Waals surface area contributed by atoms with Gasteiger partial charge in [0.05, 0.1) is 22.4 Å². The standard InChI is InChI=1S/C24H27N3O4S/c1-5-31-20-11-9-16(2)15-18(20)24(13-14-24)23(28)26-32(29,30)21-8-6-7-19-17(21)10-12-22(25-19)27(3)4/h6-12,15H,5,13-14H2,1-4H3,(H,26,28). The summed E-state index contributed by atoms with van der Waals surface area (Å²) >= 11 is 0. The molecular weight excluding hydrogens is 426 g/mol. The predicted molar refractivity (Wildman–Crippen MR) is 125 cm³/mol. The van der Waals surface area contributed by atoms with Gasteiger partial charge >= 0.3 is 0 Å². The van der Waals surface area contributed by atoms with Crippen molar-refractivity contribution in [2.45, 2.75) is 37.0 Å². The van der Waals surface area contributed by atoms with Crippen molar-refractivity contribution in [2.75, 3.05) is 25.6 Å². The molecule has 3 aromatic rings. The summed E-state index contributed by atoms with van der Waals surface area (Å²) in [5, 5.41) is 0.466. The fourth-order valence-electron chi connectivity index (χ4n) is 3.92. The van der Waals surface area contributed by atoms with E-state index < -0.39 is 21.3 Å². The molecule has 168 valence electrons. The van der Waals surface area contributed by atoms with Crippen LogP contribution in [0.2, 0.25) is 0 Å². The molecule has 0 spiro atoms. The van der Waals surface area contributed by atoms with E-state index in [0.29, 0.717) is 36.1 Å². The van der Waals surface area contributed by atoms with Crippen LogP contribution in [0.25, 0.3) is 10.9 Å². The molecule has 1 amide bonds. The Morgan fingerprint density at radius 1 is 1.16 bits per heavy atom. The smallest absolute Gasteiger partial charge is 0.264 e. The molecule has 0 radical (unpaired) electrons. The van der Waals surface area contributed by atoms with Crippen molar-refractivity contribution in [1.82, 2.24) is 9.71 Å². The number of pyridine rings is 1. The zero-order chi connectivity index (χ0) is 23.1. The number of aryl methyl sites for hydroxylation is 1. The van der Waals surface area contributed by atoms with Gasteiger partial charge in [0, 0.05) is 25.0 Å². The molecule has 1 N–H and O–H groups in total. The first-order valence-corrected chi connectivity index (χ1v) is 12.0. The number of fused-ring (bicyclic) bond motifs is 1. The molecule has 0 aliphatic heterocycles. The Bertz CT molecular complexity index is 1300. The van der Waals surface area contributed by atoms with Crippen LogP contribution >= 0.6 is 0 Å². The Morgan fingerprint density at radius 3 is 2.56 bits per heavy atom. The second-order valence-corrected chi connectivity index (χ2v) is 9.99. The lowest BCUT2D eigenvalue weighted by atomic mass is 9.93. The number of carbonyl (C=O) groups excluding carboxylic acids is 1. The first-order chi connectivity index (χ1) is 15.2. The van der Waals surface area contributed by atoms with Gasteiger partial charge in [-0.15, -0.1) is 0 Å². The Labute approximate surface area is 188 Å². The maximum Gasteiger partial charge on any atom is 0.264 e. The van der Waals surface area contributed by atoms with Gasteiger partial charge in [0.1, 0.15) is 11.6 Å². The molecule has 1 aliphatic rings. The first kappa shape index (κ1) is 22.1. The SMILES string of the molecule is CCOc1ccc(C)cc1C1(C(=O)NS(=O)(=O)c2cccc3nc(N(C)C)ccc23)CC1. The van der Waals surface area contributed by atoms with Crippen LogP contribution < -0.4 is 14.4 Å². The van der Waals surface area contributed by atoms with Crippen LogP contribution in [-0.2, 0) is 20.2 Å². The average Bonchev–Trinajstić information content (AvgIpc) is 3.56. The minimum atomic E-state index is -4.10. The normalized spacial score (nSPS) is 14.8. The minimum absolute atomic E-state index is 0.0335. The van der Waals surface area contributed by atoms with Gasteiger partial charge < -0.3 is 9.64 Å². The Kier molecular flexibility index (Phi) is 5.58. The fourth-order valence-corrected chi connectivity index (χ4v) is 5.19. The van der Waals surface area contributed by atoms with Crippen LogP contribution in [0.15, 0.2) is 53.4 Å². The van der Waals surface area contributed by atoms with E-state index in [0.717, 1.165) is 16.9 Å². The number of hydrogen-bond donors (Lipinski definition) is 1. The molecule has 8 heteroatoms. The van der Waals surface area contributed by atoms with Gasteiger partial charge in [0.2, 0.25) is 5.91 Å². The number of nitrogens with one attached hydrogen (secondary N) is 1. The molecule has 0 atom stereocenters. The lowest BCUT2D eigenvalue weighted by Crippen LogP contribution is -2.39. The highest BCUT2D eigenvalue weighted by molar-refractivity contribution is 7.90. The van der Waals surface area contributed by atoms with Crippen LogP contribution in [0.3, 0.4) is 0 Å². The molecule has 7 nitrogen and oxygen atoms in total. The summed E-state index contributed by atoms with van der Waals surface area (Å²) in [6, 6.07) is 14.0. The second kappa shape index (κ2) is 8.09. The number of nitrogens with zero attached hydrogens (tertiary/aromatic N) is 2. The summed E-state index contributed by atoms with van der Waals surface area (Å²) in [5.74, 6) is 0.809. The van der Waals surface area contributed by atoms with E-state index >= 15 is 0 Å². The maximum absolute atomic E-state index is 13.3. The third kappa shape index (κ3) is 3.90. The molecule has 4 rings (SSSR count). The van der Waals surface area contributed by atoms with E-state index in [-0.39, 0.29) is 4.90 Å². The molecule has 1 heterocycles. The van der Waals surface area contributed by atoms with E-state index in [4.69, 9.17) is 4.74 Å². The first-order valence-electron chi connectivity index (χ1n) is 10.6. The lowest BCUT2D eigenvalue weighted by molar-refractivity contribution is -0.121. The molecule has 1 fully saturated rings. The summed E-state index contributed by atoms with van der Waals surface area (Å²) in [5.41, 5.74) is 1.37. The Balaban J connectivity index is 1.69. The number of sulfonamides is 1. The van der Waals surface area contributed by atoms with E-state index in [1.807, 2.05) is 51.0 Å². The average molecular weight is 454 g/mol. The van der Waals surface area contributed by atoms with Crippen LogP contribution in [0.1, 0.15) is 30.9 Å². The molecule has 2 aromatic carbocycles. The van der Waals surface area contributed by atoms with Gasteiger partial charge in [0.25, 0.3) is 10.0 Å². The zero-order valence-electron chi connectivity index (χ0n) is 18.7. The van der Waals surface area contributed by atoms with E-state index in [1.165, 1.54) is 6.07 Å². The topological polar surface area (TPSA) is 88.6 Å². The summed E-state index contributed by atoms with van der Waals surface area (Å²) in [4.78, 5) is 19.7. The molecule has 0 unspecified atom stereocenters. The number of ether oxygens (including phenoxy) is 1. The zero-order valence-corrected chi connectivity index (χ0v) is 19.5. The van der Waals surface area contributed by atoms with Crippen molar-refractivity contribution < 1.29 is 17.9 Å².